The number of benzene rings is 16. The molecule has 0 heterocycles. The van der Waals surface area contributed by atoms with Crippen molar-refractivity contribution >= 4 is 115 Å². The molecule has 632 valence electrons. The molecule has 126 heavy (non-hydrogen) atoms. The van der Waals surface area contributed by atoms with E-state index in [4.69, 9.17) is 13.2 Å². The van der Waals surface area contributed by atoms with Crippen LogP contribution in [0.2, 0.25) is 0 Å². The zero-order valence-electron chi connectivity index (χ0n) is 78.2. The van der Waals surface area contributed by atoms with Crippen molar-refractivity contribution in [3.63, 3.8) is 0 Å². The second-order valence-electron chi connectivity index (χ2n) is 27.8. The van der Waals surface area contributed by atoms with E-state index in [-0.39, 0.29) is 59.1 Å². The fourth-order valence-corrected chi connectivity index (χ4v) is 12.9. The first-order valence-corrected chi connectivity index (χ1v) is 44.0. The van der Waals surface area contributed by atoms with Gasteiger partial charge in [-0.25, -0.2) is 12.2 Å². The van der Waals surface area contributed by atoms with Crippen molar-refractivity contribution in [3.05, 3.63) is 493 Å². The second kappa shape index (κ2) is 62.9. The molecule has 0 saturated carbocycles. The van der Waals surface area contributed by atoms with Crippen molar-refractivity contribution in [2.45, 2.75) is 124 Å². The number of anilines is 12. The number of fused-ring (bicyclic) bond motifs is 1. The van der Waals surface area contributed by atoms with Gasteiger partial charge in [0.25, 0.3) is 0 Å². The molecular formula is C120H130N4Na2. The van der Waals surface area contributed by atoms with Crippen LogP contribution in [0.1, 0.15) is 152 Å². The van der Waals surface area contributed by atoms with Gasteiger partial charge in [-0.05, 0) is 180 Å². The Morgan fingerprint density at radius 2 is 0.325 bits per heavy atom. The Hall–Kier alpha value is -12.1. The van der Waals surface area contributed by atoms with Crippen LogP contribution in [0, 0.1) is 40.9 Å². The third kappa shape index (κ3) is 34.5. The smallest absolute Gasteiger partial charge is 0.310 e. The number of aryl methyl sites for hydroxylation is 4. The van der Waals surface area contributed by atoms with Gasteiger partial charge in [0.2, 0.25) is 0 Å². The molecule has 0 amide bonds. The summed E-state index contributed by atoms with van der Waals surface area (Å²) in [6.45, 7) is 44.2. The molecule has 0 aliphatic rings. The molecule has 0 spiro atoms. The summed E-state index contributed by atoms with van der Waals surface area (Å²) in [5.41, 5.74) is 25.7. The van der Waals surface area contributed by atoms with Gasteiger partial charge in [0.15, 0.2) is 0 Å². The molecule has 16 rings (SSSR count). The Kier molecular flexibility index (Phi) is 53.1. The third-order valence-corrected chi connectivity index (χ3v) is 18.7. The average Bonchev–Trinajstić information content (AvgIpc) is 0.813. The molecule has 0 aliphatic carbocycles. The van der Waals surface area contributed by atoms with Crippen LogP contribution < -0.4 is 78.7 Å². The molecule has 0 saturated heterocycles. The quantitative estimate of drug-likeness (QED) is 0.0482. The van der Waals surface area contributed by atoms with E-state index < -0.39 is 0 Å². The Morgan fingerprint density at radius 1 is 0.183 bits per heavy atom. The van der Waals surface area contributed by atoms with Gasteiger partial charge in [-0.3, -0.25) is 13.2 Å². The monoisotopic (exact) mass is 1670 g/mol. The molecule has 0 fully saturated rings. The number of hydrogen-bond acceptors (Lipinski definition) is 4. The van der Waals surface area contributed by atoms with Gasteiger partial charge in [0.05, 0.1) is 0 Å². The number of para-hydroxylation sites is 8. The molecule has 0 unspecified atom stereocenters. The van der Waals surface area contributed by atoms with Crippen LogP contribution in [-0.2, 0) is 0 Å². The summed E-state index contributed by atoms with van der Waals surface area (Å²) in [6, 6.07) is 147. The van der Waals surface area contributed by atoms with Crippen LogP contribution in [0.4, 0.5) is 68.2 Å². The minimum Gasteiger partial charge on any atom is -0.310 e. The predicted molar refractivity (Wildman–Crippen MR) is 553 cm³/mol. The third-order valence-electron chi connectivity index (χ3n) is 18.7. The fourth-order valence-electron chi connectivity index (χ4n) is 12.9. The standard InChI is InChI=1S/2C27H23N.2C21H18N.C10H8.2C3H8.4C2H6.2Na/c2*1-22-10-8-9-15-27(22)28(25-13-6-3-7-14-25)26-20-18-24(19-21-26)17-16-23-11-4-2-5-12-23;2*1-3-18-13-15-20(16-14-18)22(19-10-5-4-6-11-19)21-12-8-7-9-17(21)2;1-2-6-10-8-4-3-7-9(10)5-1;2*1-3-2;4*1-2;;/h2*2-21H,1H3;2*1,3-16H,2H3;1-8H;2*3H2,1-2H3;4*1-2H3;;/q;;2*-1;;;;;;;;2*+1/b17-16+;17-16-;;;;;;;;;;;. The first kappa shape index (κ1) is 106. The zero-order chi connectivity index (χ0) is 89.3. The summed E-state index contributed by atoms with van der Waals surface area (Å²) in [5, 5.41) is 2.62. The van der Waals surface area contributed by atoms with Gasteiger partial charge < -0.3 is 19.6 Å². The van der Waals surface area contributed by atoms with E-state index in [9.17, 15) is 0 Å². The van der Waals surface area contributed by atoms with Crippen LogP contribution >= 0.6 is 0 Å². The van der Waals surface area contributed by atoms with E-state index in [0.29, 0.717) is 0 Å². The molecular weight excluding hydrogens is 1540 g/mol. The summed E-state index contributed by atoms with van der Waals surface area (Å²) in [4.78, 5) is 9.13. The zero-order valence-corrected chi connectivity index (χ0v) is 82.2. The normalized spacial score (nSPS) is 9.68. The summed E-state index contributed by atoms with van der Waals surface area (Å²) in [5.74, 6) is 0. The largest absolute Gasteiger partial charge is 1.00 e. The van der Waals surface area contributed by atoms with Gasteiger partial charge in [0.1, 0.15) is 0 Å². The van der Waals surface area contributed by atoms with E-state index in [1.54, 1.807) is 12.2 Å². The Morgan fingerprint density at radius 3 is 0.508 bits per heavy atom. The molecule has 6 heteroatoms. The molecule has 16 aromatic rings. The molecule has 0 aliphatic heterocycles. The van der Waals surface area contributed by atoms with Crippen LogP contribution in [-0.4, -0.2) is 0 Å². The molecule has 0 bridgehead atoms. The minimum absolute atomic E-state index is 0. The Labute approximate surface area is 804 Å². The van der Waals surface area contributed by atoms with Crippen molar-refractivity contribution in [2.24, 2.45) is 0 Å². The van der Waals surface area contributed by atoms with Crippen LogP contribution in [0.15, 0.2) is 425 Å². The fraction of sp³-hybridized carbons (Fsp3) is 0.150. The number of nitrogens with zero attached hydrogens (tertiary/aromatic N) is 4. The van der Waals surface area contributed by atoms with E-state index in [1.807, 2.05) is 104 Å². The van der Waals surface area contributed by atoms with Gasteiger partial charge in [0, 0.05) is 68.2 Å². The van der Waals surface area contributed by atoms with Crippen molar-refractivity contribution in [3.8, 4) is 0 Å². The maximum atomic E-state index is 5.58. The first-order chi connectivity index (χ1) is 61.0. The average molecular weight is 1670 g/mol. The Balaban J connectivity index is 0.000000323. The van der Waals surface area contributed by atoms with E-state index in [2.05, 4.69) is 475 Å². The Bertz CT molecular complexity index is 5200. The number of rotatable bonds is 18. The summed E-state index contributed by atoms with van der Waals surface area (Å²) >= 11 is 0. The molecule has 0 N–H and O–H groups in total. The van der Waals surface area contributed by atoms with Crippen molar-refractivity contribution < 1.29 is 59.1 Å². The number of hydrogen-bond donors (Lipinski definition) is 0. The van der Waals surface area contributed by atoms with Crippen molar-refractivity contribution in [2.75, 3.05) is 19.6 Å². The molecule has 0 radical (unpaired) electrons. The molecule has 16 aromatic carbocycles. The van der Waals surface area contributed by atoms with E-state index >= 15 is 0 Å². The molecule has 0 aromatic heterocycles. The second-order valence-corrected chi connectivity index (χ2v) is 27.8. The van der Waals surface area contributed by atoms with E-state index in [0.717, 1.165) is 56.6 Å². The van der Waals surface area contributed by atoms with Crippen LogP contribution in [0.5, 0.6) is 0 Å². The van der Waals surface area contributed by atoms with Gasteiger partial charge in [-0.2, -0.15) is 11.1 Å². The summed E-state index contributed by atoms with van der Waals surface area (Å²) in [6.07, 6.45) is 14.3. The van der Waals surface area contributed by atoms with Crippen molar-refractivity contribution in [1.29, 1.82) is 0 Å². The maximum absolute atomic E-state index is 5.58. The summed E-state index contributed by atoms with van der Waals surface area (Å²) < 4.78 is 0. The van der Waals surface area contributed by atoms with Gasteiger partial charge >= 0.3 is 59.1 Å². The topological polar surface area (TPSA) is 13.0 Å². The van der Waals surface area contributed by atoms with Gasteiger partial charge in [-0.15, -0.1) is 24.3 Å². The van der Waals surface area contributed by atoms with Crippen LogP contribution in [0.25, 0.3) is 47.2 Å². The van der Waals surface area contributed by atoms with Crippen molar-refractivity contribution in [1.82, 2.24) is 0 Å². The predicted octanol–water partition coefficient (Wildman–Crippen LogP) is 30.9. The minimum atomic E-state index is 0. The molecule has 4 nitrogen and oxygen atoms in total. The van der Waals surface area contributed by atoms with E-state index in [1.165, 1.54) is 90.9 Å². The first-order valence-electron chi connectivity index (χ1n) is 44.0. The summed E-state index contributed by atoms with van der Waals surface area (Å²) in [7, 11) is 0. The SMILES string of the molecule is CC.CC.CC.CC.CCC.CCC.Cc1ccccc1N(c1ccccc1)c1ccc(/C=C/c2ccccc2)cc1.Cc1ccccc1N(c1ccccc1)c1ccc(/C=C\c2ccccc2)cc1.[CH-]=Cc1ccc(N(c2ccccc2)c2ccccc2C)cc1.[CH-]=Cc1ccc(N(c2ccccc2)c2ccccc2C)cc1.[Na+].[Na+].c1ccc2ccccc2c1. The van der Waals surface area contributed by atoms with Crippen LogP contribution in [0.3, 0.4) is 0 Å². The molecule has 0 atom stereocenters. The van der Waals surface area contributed by atoms with Gasteiger partial charge in [-0.1, -0.05) is 424 Å². The maximum Gasteiger partial charge on any atom is 1.00 e.